The fourth-order valence-electron chi connectivity index (χ4n) is 2.00. The molecule has 0 atom stereocenters. The van der Waals surface area contributed by atoms with E-state index in [1.54, 1.807) is 18.3 Å². The lowest BCUT2D eigenvalue weighted by Gasteiger charge is -2.08. The van der Waals surface area contributed by atoms with Gasteiger partial charge in [-0.3, -0.25) is 14.6 Å². The van der Waals surface area contributed by atoms with Crippen molar-refractivity contribution in [1.82, 2.24) is 15.0 Å². The van der Waals surface area contributed by atoms with Crippen LogP contribution in [0.25, 0.3) is 10.9 Å². The number of anilines is 2. The minimum absolute atomic E-state index is 0.113. The molecule has 21 heavy (non-hydrogen) atoms. The molecule has 0 bridgehead atoms. The Bertz CT molecular complexity index is 888. The van der Waals surface area contributed by atoms with Crippen LogP contribution in [0.15, 0.2) is 47.7 Å². The van der Waals surface area contributed by atoms with E-state index in [2.05, 4.69) is 20.3 Å². The van der Waals surface area contributed by atoms with Gasteiger partial charge in [0.05, 0.1) is 11.8 Å². The van der Waals surface area contributed by atoms with Gasteiger partial charge in [-0.15, -0.1) is 0 Å². The maximum atomic E-state index is 11.6. The molecule has 1 amide bonds. The number of pyridine rings is 1. The fourth-order valence-corrected chi connectivity index (χ4v) is 2.00. The van der Waals surface area contributed by atoms with E-state index in [1.165, 1.54) is 6.33 Å². The molecule has 7 nitrogen and oxygen atoms in total. The normalized spacial score (nSPS) is 10.5. The monoisotopic (exact) mass is 281 g/mol. The van der Waals surface area contributed by atoms with Crippen LogP contribution in [0, 0.1) is 0 Å². The Balaban J connectivity index is 2.04. The number of rotatable bonds is 3. The summed E-state index contributed by atoms with van der Waals surface area (Å²) in [5.41, 5.74) is 5.85. The summed E-state index contributed by atoms with van der Waals surface area (Å²) >= 11 is 0. The van der Waals surface area contributed by atoms with Crippen LogP contribution in [0.2, 0.25) is 0 Å². The summed E-state index contributed by atoms with van der Waals surface area (Å²) in [5.74, 6) is -0.729. The molecular weight excluding hydrogens is 270 g/mol. The van der Waals surface area contributed by atoms with Gasteiger partial charge in [0.2, 0.25) is 0 Å². The van der Waals surface area contributed by atoms with Crippen LogP contribution in [-0.4, -0.2) is 20.9 Å². The summed E-state index contributed by atoms with van der Waals surface area (Å²) in [5, 5.41) is 3.90. The fraction of sp³-hybridized carbons (Fsp3) is 0. The lowest BCUT2D eigenvalue weighted by molar-refractivity contribution is 0.0999. The third-order valence-electron chi connectivity index (χ3n) is 2.97. The third-order valence-corrected chi connectivity index (χ3v) is 2.97. The SMILES string of the molecule is NC(=O)c1c(Nc2ccc3cccnc3c2)nc[nH]c1=O. The molecule has 0 aliphatic rings. The van der Waals surface area contributed by atoms with E-state index in [0.717, 1.165) is 10.9 Å². The zero-order valence-electron chi connectivity index (χ0n) is 10.8. The zero-order chi connectivity index (χ0) is 14.8. The number of nitrogens with two attached hydrogens (primary N) is 1. The van der Waals surface area contributed by atoms with Gasteiger partial charge in [0.1, 0.15) is 5.56 Å². The lowest BCUT2D eigenvalue weighted by atomic mass is 10.2. The number of primary amides is 1. The van der Waals surface area contributed by atoms with Gasteiger partial charge in [-0.2, -0.15) is 0 Å². The second kappa shape index (κ2) is 5.04. The minimum Gasteiger partial charge on any atom is -0.365 e. The standard InChI is InChI=1S/C14H11N5O2/c15-12(20)11-13(17-7-18-14(11)21)19-9-4-3-8-2-1-5-16-10(8)6-9/h1-7H,(H2,15,20)(H2,17,18,19,21). The van der Waals surface area contributed by atoms with Crippen molar-refractivity contribution in [1.29, 1.82) is 0 Å². The molecule has 0 aliphatic carbocycles. The van der Waals surface area contributed by atoms with Crippen LogP contribution in [0.4, 0.5) is 11.5 Å². The summed E-state index contributed by atoms with van der Waals surface area (Å²) in [6.07, 6.45) is 2.89. The molecule has 0 saturated heterocycles. The molecule has 0 spiro atoms. The maximum Gasteiger partial charge on any atom is 0.265 e. The summed E-state index contributed by atoms with van der Waals surface area (Å²) in [6, 6.07) is 9.26. The molecule has 3 rings (SSSR count). The molecule has 0 saturated carbocycles. The predicted molar refractivity (Wildman–Crippen MR) is 78.4 cm³/mol. The predicted octanol–water partition coefficient (Wildman–Crippen LogP) is 1.16. The molecule has 1 aromatic carbocycles. The summed E-state index contributed by atoms with van der Waals surface area (Å²) in [4.78, 5) is 33.5. The molecule has 104 valence electrons. The number of H-pyrrole nitrogens is 1. The van der Waals surface area contributed by atoms with Crippen molar-refractivity contribution in [2.75, 3.05) is 5.32 Å². The van der Waals surface area contributed by atoms with Gasteiger partial charge in [-0.05, 0) is 18.2 Å². The van der Waals surface area contributed by atoms with Gasteiger partial charge in [-0.25, -0.2) is 4.98 Å². The number of nitrogens with one attached hydrogen (secondary N) is 2. The third kappa shape index (κ3) is 2.44. The average molecular weight is 281 g/mol. The molecular formula is C14H11N5O2. The molecule has 4 N–H and O–H groups in total. The number of aromatic amines is 1. The van der Waals surface area contributed by atoms with E-state index >= 15 is 0 Å². The first-order valence-corrected chi connectivity index (χ1v) is 6.14. The number of carbonyl (C=O) groups is 1. The Hall–Kier alpha value is -3.22. The summed E-state index contributed by atoms with van der Waals surface area (Å²) in [6.45, 7) is 0. The molecule has 7 heteroatoms. The highest BCUT2D eigenvalue weighted by Crippen LogP contribution is 2.20. The Morgan fingerprint density at radius 3 is 2.90 bits per heavy atom. The highest BCUT2D eigenvalue weighted by atomic mass is 16.2. The van der Waals surface area contributed by atoms with E-state index in [1.807, 2.05) is 18.2 Å². The van der Waals surface area contributed by atoms with E-state index < -0.39 is 11.5 Å². The van der Waals surface area contributed by atoms with E-state index in [4.69, 9.17) is 5.73 Å². The van der Waals surface area contributed by atoms with E-state index in [-0.39, 0.29) is 11.4 Å². The van der Waals surface area contributed by atoms with Crippen LogP contribution in [0.3, 0.4) is 0 Å². The van der Waals surface area contributed by atoms with Crippen molar-refractivity contribution in [2.45, 2.75) is 0 Å². The first kappa shape index (κ1) is 12.8. The summed E-state index contributed by atoms with van der Waals surface area (Å²) < 4.78 is 0. The van der Waals surface area contributed by atoms with Gasteiger partial charge < -0.3 is 16.0 Å². The van der Waals surface area contributed by atoms with Crippen LogP contribution in [0.1, 0.15) is 10.4 Å². The first-order chi connectivity index (χ1) is 10.1. The van der Waals surface area contributed by atoms with E-state index in [9.17, 15) is 9.59 Å². The molecule has 0 fully saturated rings. The Labute approximate surface area is 118 Å². The number of aromatic nitrogens is 3. The van der Waals surface area contributed by atoms with E-state index in [0.29, 0.717) is 5.69 Å². The van der Waals surface area contributed by atoms with Crippen LogP contribution < -0.4 is 16.6 Å². The molecule has 0 radical (unpaired) electrons. The summed E-state index contributed by atoms with van der Waals surface area (Å²) in [7, 11) is 0. The number of benzene rings is 1. The highest BCUT2D eigenvalue weighted by molar-refractivity contribution is 5.98. The number of amides is 1. The second-order valence-corrected chi connectivity index (χ2v) is 4.36. The van der Waals surface area contributed by atoms with Crippen molar-refractivity contribution < 1.29 is 4.79 Å². The van der Waals surface area contributed by atoms with Gasteiger partial charge in [0.25, 0.3) is 11.5 Å². The minimum atomic E-state index is -0.842. The molecule has 0 unspecified atom stereocenters. The topological polar surface area (TPSA) is 114 Å². The van der Waals surface area contributed by atoms with Crippen molar-refractivity contribution >= 4 is 28.3 Å². The molecule has 2 aromatic heterocycles. The number of carbonyl (C=O) groups excluding carboxylic acids is 1. The molecule has 0 aliphatic heterocycles. The Morgan fingerprint density at radius 1 is 1.24 bits per heavy atom. The molecule has 3 aromatic rings. The van der Waals surface area contributed by atoms with Crippen LogP contribution >= 0.6 is 0 Å². The van der Waals surface area contributed by atoms with Gasteiger partial charge in [0, 0.05) is 17.3 Å². The van der Waals surface area contributed by atoms with Gasteiger partial charge >= 0.3 is 0 Å². The van der Waals surface area contributed by atoms with Gasteiger partial charge in [-0.1, -0.05) is 12.1 Å². The smallest absolute Gasteiger partial charge is 0.265 e. The Morgan fingerprint density at radius 2 is 2.10 bits per heavy atom. The number of fused-ring (bicyclic) bond motifs is 1. The highest BCUT2D eigenvalue weighted by Gasteiger charge is 2.14. The second-order valence-electron chi connectivity index (χ2n) is 4.36. The van der Waals surface area contributed by atoms with Crippen LogP contribution in [0.5, 0.6) is 0 Å². The quantitative estimate of drug-likeness (QED) is 0.666. The van der Waals surface area contributed by atoms with Crippen molar-refractivity contribution in [3.05, 3.63) is 58.8 Å². The largest absolute Gasteiger partial charge is 0.365 e. The lowest BCUT2D eigenvalue weighted by Crippen LogP contribution is -2.25. The number of hydrogen-bond donors (Lipinski definition) is 3. The average Bonchev–Trinajstić information content (AvgIpc) is 2.47. The van der Waals surface area contributed by atoms with Crippen molar-refractivity contribution in [3.8, 4) is 0 Å². The Kier molecular flexibility index (Phi) is 3.07. The maximum absolute atomic E-state index is 11.6. The first-order valence-electron chi connectivity index (χ1n) is 6.14. The zero-order valence-corrected chi connectivity index (χ0v) is 10.8. The molecule has 2 heterocycles. The van der Waals surface area contributed by atoms with Crippen molar-refractivity contribution in [3.63, 3.8) is 0 Å². The number of nitrogens with zero attached hydrogens (tertiary/aromatic N) is 2. The van der Waals surface area contributed by atoms with Crippen LogP contribution in [-0.2, 0) is 0 Å². The van der Waals surface area contributed by atoms with Crippen molar-refractivity contribution in [2.24, 2.45) is 5.73 Å². The number of hydrogen-bond acceptors (Lipinski definition) is 5. The van der Waals surface area contributed by atoms with Gasteiger partial charge in [0.15, 0.2) is 5.82 Å².